The lowest BCUT2D eigenvalue weighted by atomic mass is 10.2. The van der Waals surface area contributed by atoms with Crippen molar-refractivity contribution in [2.75, 3.05) is 32.8 Å². The summed E-state index contributed by atoms with van der Waals surface area (Å²) < 4.78 is 5.44. The van der Waals surface area contributed by atoms with E-state index < -0.39 is 0 Å². The molecule has 0 unspecified atom stereocenters. The van der Waals surface area contributed by atoms with Crippen LogP contribution < -0.4 is 11.1 Å². The standard InChI is InChI=1S/C11H21N3O2/c12-9-3-4-14(7-9)8-11(15)13-6-10-2-1-5-16-10/h9-10H,1-8,12H2,(H,13,15)/t9-,10+/m0/s1. The topological polar surface area (TPSA) is 67.6 Å². The van der Waals surface area contributed by atoms with E-state index in [9.17, 15) is 4.79 Å². The summed E-state index contributed by atoms with van der Waals surface area (Å²) in [6.07, 6.45) is 3.40. The maximum absolute atomic E-state index is 11.6. The van der Waals surface area contributed by atoms with E-state index >= 15 is 0 Å². The Morgan fingerprint density at radius 1 is 1.50 bits per heavy atom. The minimum absolute atomic E-state index is 0.0876. The molecule has 0 spiro atoms. The Morgan fingerprint density at radius 2 is 2.38 bits per heavy atom. The lowest BCUT2D eigenvalue weighted by molar-refractivity contribution is -0.122. The van der Waals surface area contributed by atoms with E-state index in [4.69, 9.17) is 10.5 Å². The first-order valence-corrected chi connectivity index (χ1v) is 6.10. The molecule has 5 heteroatoms. The second kappa shape index (κ2) is 5.61. The fourth-order valence-electron chi connectivity index (χ4n) is 2.30. The molecule has 2 heterocycles. The second-order valence-corrected chi connectivity index (χ2v) is 4.72. The van der Waals surface area contributed by atoms with Gasteiger partial charge in [0, 0.05) is 32.3 Å². The summed E-state index contributed by atoms with van der Waals surface area (Å²) >= 11 is 0. The van der Waals surface area contributed by atoms with Gasteiger partial charge in [-0.05, 0) is 19.3 Å². The summed E-state index contributed by atoms with van der Waals surface area (Å²) in [6, 6.07) is 0.242. The summed E-state index contributed by atoms with van der Waals surface area (Å²) in [5.74, 6) is 0.0876. The Hall–Kier alpha value is -0.650. The molecule has 2 atom stereocenters. The van der Waals surface area contributed by atoms with Crippen molar-refractivity contribution in [1.29, 1.82) is 0 Å². The molecule has 0 aromatic carbocycles. The molecule has 3 N–H and O–H groups in total. The molecule has 2 aliphatic heterocycles. The third-order valence-corrected chi connectivity index (χ3v) is 3.23. The molecule has 2 rings (SSSR count). The van der Waals surface area contributed by atoms with E-state index in [1.165, 1.54) is 0 Å². The van der Waals surface area contributed by atoms with Crippen molar-refractivity contribution < 1.29 is 9.53 Å². The first-order valence-electron chi connectivity index (χ1n) is 6.10. The van der Waals surface area contributed by atoms with Gasteiger partial charge in [0.15, 0.2) is 0 Å². The van der Waals surface area contributed by atoms with Gasteiger partial charge in [-0.25, -0.2) is 0 Å². The van der Waals surface area contributed by atoms with E-state index in [1.54, 1.807) is 0 Å². The van der Waals surface area contributed by atoms with E-state index in [0.29, 0.717) is 13.1 Å². The zero-order valence-electron chi connectivity index (χ0n) is 9.65. The maximum atomic E-state index is 11.6. The highest BCUT2D eigenvalue weighted by molar-refractivity contribution is 5.78. The van der Waals surface area contributed by atoms with Crippen LogP contribution in [0, 0.1) is 0 Å². The van der Waals surface area contributed by atoms with Gasteiger partial charge in [-0.2, -0.15) is 0 Å². The zero-order chi connectivity index (χ0) is 11.4. The number of carbonyl (C=O) groups is 1. The van der Waals surface area contributed by atoms with E-state index in [2.05, 4.69) is 10.2 Å². The summed E-state index contributed by atoms with van der Waals surface area (Å²) in [5, 5.41) is 2.92. The summed E-state index contributed by atoms with van der Waals surface area (Å²) in [7, 11) is 0. The molecular weight excluding hydrogens is 206 g/mol. The lowest BCUT2D eigenvalue weighted by Gasteiger charge is -2.16. The highest BCUT2D eigenvalue weighted by Gasteiger charge is 2.21. The molecule has 0 aliphatic carbocycles. The smallest absolute Gasteiger partial charge is 0.234 e. The van der Waals surface area contributed by atoms with Gasteiger partial charge in [0.2, 0.25) is 5.91 Å². The Bertz CT molecular complexity index is 241. The molecule has 0 aromatic heterocycles. The molecule has 0 saturated carbocycles. The Kier molecular flexibility index (Phi) is 4.15. The summed E-state index contributed by atoms with van der Waals surface area (Å²) in [6.45, 7) is 3.74. The fraction of sp³-hybridized carbons (Fsp3) is 0.909. The van der Waals surface area contributed by atoms with Crippen LogP contribution in [0.4, 0.5) is 0 Å². The van der Waals surface area contributed by atoms with Gasteiger partial charge >= 0.3 is 0 Å². The number of carbonyl (C=O) groups excluding carboxylic acids is 1. The van der Waals surface area contributed by atoms with Crippen molar-refractivity contribution >= 4 is 5.91 Å². The van der Waals surface area contributed by atoms with Crippen LogP contribution in [-0.2, 0) is 9.53 Å². The SMILES string of the molecule is N[C@H]1CCN(CC(=O)NC[C@H]2CCCO2)C1. The normalized spacial score (nSPS) is 30.8. The largest absolute Gasteiger partial charge is 0.376 e. The number of nitrogens with one attached hydrogen (secondary N) is 1. The predicted molar refractivity (Wildman–Crippen MR) is 61.0 cm³/mol. The van der Waals surface area contributed by atoms with Gasteiger partial charge < -0.3 is 15.8 Å². The predicted octanol–water partition coefficient (Wildman–Crippen LogP) is -0.685. The molecule has 92 valence electrons. The highest BCUT2D eigenvalue weighted by atomic mass is 16.5. The van der Waals surface area contributed by atoms with Crippen LogP contribution in [0.25, 0.3) is 0 Å². The van der Waals surface area contributed by atoms with E-state index in [0.717, 1.165) is 39.0 Å². The molecule has 5 nitrogen and oxygen atoms in total. The van der Waals surface area contributed by atoms with E-state index in [-0.39, 0.29) is 18.1 Å². The number of hydrogen-bond donors (Lipinski definition) is 2. The number of likely N-dealkylation sites (tertiary alicyclic amines) is 1. The number of rotatable bonds is 4. The van der Waals surface area contributed by atoms with Crippen LogP contribution in [0.2, 0.25) is 0 Å². The van der Waals surface area contributed by atoms with Crippen molar-refractivity contribution in [3.63, 3.8) is 0 Å². The first-order chi connectivity index (χ1) is 7.74. The number of hydrogen-bond acceptors (Lipinski definition) is 4. The zero-order valence-corrected chi connectivity index (χ0v) is 9.65. The molecule has 2 fully saturated rings. The lowest BCUT2D eigenvalue weighted by Crippen LogP contribution is -2.40. The Labute approximate surface area is 96.3 Å². The maximum Gasteiger partial charge on any atom is 0.234 e. The molecular formula is C11H21N3O2. The molecule has 0 bridgehead atoms. The van der Waals surface area contributed by atoms with Crippen LogP contribution in [0.1, 0.15) is 19.3 Å². The third-order valence-electron chi connectivity index (χ3n) is 3.23. The van der Waals surface area contributed by atoms with Gasteiger partial charge in [-0.15, -0.1) is 0 Å². The molecule has 2 saturated heterocycles. The van der Waals surface area contributed by atoms with Gasteiger partial charge in [-0.1, -0.05) is 0 Å². The van der Waals surface area contributed by atoms with Crippen molar-refractivity contribution in [3.8, 4) is 0 Å². The summed E-state index contributed by atoms with van der Waals surface area (Å²) in [4.78, 5) is 13.7. The van der Waals surface area contributed by atoms with Crippen LogP contribution >= 0.6 is 0 Å². The Balaban J connectivity index is 1.60. The van der Waals surface area contributed by atoms with Gasteiger partial charge in [0.05, 0.1) is 12.6 Å². The molecule has 1 amide bonds. The Morgan fingerprint density at radius 3 is 3.00 bits per heavy atom. The third kappa shape index (κ3) is 3.43. The molecule has 16 heavy (non-hydrogen) atoms. The van der Waals surface area contributed by atoms with Crippen molar-refractivity contribution in [3.05, 3.63) is 0 Å². The minimum atomic E-state index is 0.0876. The number of ether oxygens (including phenoxy) is 1. The van der Waals surface area contributed by atoms with Crippen molar-refractivity contribution in [1.82, 2.24) is 10.2 Å². The van der Waals surface area contributed by atoms with Crippen LogP contribution in [0.15, 0.2) is 0 Å². The quantitative estimate of drug-likeness (QED) is 0.667. The molecule has 0 radical (unpaired) electrons. The van der Waals surface area contributed by atoms with Crippen LogP contribution in [0.5, 0.6) is 0 Å². The second-order valence-electron chi connectivity index (χ2n) is 4.72. The highest BCUT2D eigenvalue weighted by Crippen LogP contribution is 2.10. The minimum Gasteiger partial charge on any atom is -0.376 e. The van der Waals surface area contributed by atoms with E-state index in [1.807, 2.05) is 0 Å². The molecule has 2 aliphatic rings. The first kappa shape index (κ1) is 11.8. The van der Waals surface area contributed by atoms with Crippen LogP contribution in [0.3, 0.4) is 0 Å². The number of nitrogens with zero attached hydrogens (tertiary/aromatic N) is 1. The average molecular weight is 227 g/mol. The fourth-order valence-corrected chi connectivity index (χ4v) is 2.30. The van der Waals surface area contributed by atoms with Crippen molar-refractivity contribution in [2.24, 2.45) is 5.73 Å². The average Bonchev–Trinajstić information content (AvgIpc) is 2.87. The number of amides is 1. The van der Waals surface area contributed by atoms with Gasteiger partial charge in [-0.3, -0.25) is 9.69 Å². The monoisotopic (exact) mass is 227 g/mol. The number of nitrogens with two attached hydrogens (primary N) is 1. The van der Waals surface area contributed by atoms with Crippen molar-refractivity contribution in [2.45, 2.75) is 31.4 Å². The van der Waals surface area contributed by atoms with Gasteiger partial charge in [0.1, 0.15) is 0 Å². The van der Waals surface area contributed by atoms with Gasteiger partial charge in [0.25, 0.3) is 0 Å². The van der Waals surface area contributed by atoms with Crippen LogP contribution in [-0.4, -0.2) is 55.7 Å². The molecule has 0 aromatic rings. The summed E-state index contributed by atoms with van der Waals surface area (Å²) in [5.41, 5.74) is 5.78.